The number of rotatable bonds is 10. The van der Waals surface area contributed by atoms with E-state index in [2.05, 4.69) is 69.0 Å². The molecule has 1 aliphatic rings. The summed E-state index contributed by atoms with van der Waals surface area (Å²) in [7, 11) is -3.42. The molecule has 1 saturated heterocycles. The Morgan fingerprint density at radius 3 is 2.24 bits per heavy atom. The average molecular weight is 800 g/mol. The molecule has 13 heteroatoms. The number of hydrogen-bond donors (Lipinski definition) is 2. The second-order valence-corrected chi connectivity index (χ2v) is 18.6. The van der Waals surface area contributed by atoms with Crippen LogP contribution in [0.15, 0.2) is 65.1 Å². The van der Waals surface area contributed by atoms with Crippen molar-refractivity contribution in [2.24, 2.45) is 0 Å². The highest BCUT2D eigenvalue weighted by atomic mass is 79.9. The second kappa shape index (κ2) is 15.1. The Morgan fingerprint density at radius 1 is 0.902 bits per heavy atom. The zero-order valence-corrected chi connectivity index (χ0v) is 33.6. The van der Waals surface area contributed by atoms with E-state index in [9.17, 15) is 18.0 Å². The van der Waals surface area contributed by atoms with E-state index in [1.807, 2.05) is 46.8 Å². The summed E-state index contributed by atoms with van der Waals surface area (Å²) in [6.07, 6.45) is 0.827. The molecule has 0 spiro atoms. The maximum atomic E-state index is 13.5. The van der Waals surface area contributed by atoms with Crippen LogP contribution in [0.2, 0.25) is 0 Å². The predicted molar refractivity (Wildman–Crippen MR) is 210 cm³/mol. The Bertz CT molecular complexity index is 2030. The predicted octanol–water partition coefficient (Wildman–Crippen LogP) is 8.45. The van der Waals surface area contributed by atoms with Crippen LogP contribution in [0.3, 0.4) is 0 Å². The summed E-state index contributed by atoms with van der Waals surface area (Å²) in [6, 6.07) is 19.3. The Labute approximate surface area is 313 Å². The van der Waals surface area contributed by atoms with Crippen molar-refractivity contribution in [3.8, 4) is 5.75 Å². The number of halogens is 1. The number of benzene rings is 3. The van der Waals surface area contributed by atoms with Gasteiger partial charge in [-0.3, -0.25) is 14.4 Å². The maximum Gasteiger partial charge on any atom is 0.410 e. The van der Waals surface area contributed by atoms with Crippen molar-refractivity contribution < 1.29 is 27.5 Å². The number of piperazine rings is 1. The molecule has 274 valence electrons. The molecule has 51 heavy (non-hydrogen) atoms. The van der Waals surface area contributed by atoms with Gasteiger partial charge in [0.2, 0.25) is 10.0 Å². The van der Waals surface area contributed by atoms with Crippen molar-refractivity contribution >= 4 is 70.8 Å². The lowest BCUT2D eigenvalue weighted by molar-refractivity contribution is 0.0139. The number of ether oxygens (including phenoxy) is 2. The molecule has 1 aliphatic heterocycles. The van der Waals surface area contributed by atoms with Crippen LogP contribution < -0.4 is 14.8 Å². The summed E-state index contributed by atoms with van der Waals surface area (Å²) in [6.45, 7) is 17.4. The molecule has 2 heterocycles. The van der Waals surface area contributed by atoms with Gasteiger partial charge in [-0.2, -0.15) is 0 Å². The maximum absolute atomic E-state index is 13.5. The van der Waals surface area contributed by atoms with Gasteiger partial charge in [0.15, 0.2) is 0 Å². The van der Waals surface area contributed by atoms with Gasteiger partial charge in [0.1, 0.15) is 11.4 Å². The van der Waals surface area contributed by atoms with Gasteiger partial charge in [0.05, 0.1) is 17.2 Å². The molecule has 1 aromatic heterocycles. The summed E-state index contributed by atoms with van der Waals surface area (Å²) < 4.78 is 39.4. The minimum absolute atomic E-state index is 0.00212. The summed E-state index contributed by atoms with van der Waals surface area (Å²) in [5.41, 5.74) is 3.28. The van der Waals surface area contributed by atoms with Crippen LogP contribution in [0.5, 0.6) is 5.75 Å². The van der Waals surface area contributed by atoms with Gasteiger partial charge in [-0.05, 0) is 111 Å². The molecule has 4 aromatic rings. The molecular formula is C38H47BrN4O6S2. The first-order valence-corrected chi connectivity index (χ1v) is 20.4. The van der Waals surface area contributed by atoms with E-state index in [0.29, 0.717) is 35.9 Å². The van der Waals surface area contributed by atoms with E-state index in [0.717, 1.165) is 56.3 Å². The molecule has 0 radical (unpaired) electrons. The van der Waals surface area contributed by atoms with Crippen LogP contribution in [-0.4, -0.2) is 74.4 Å². The zero-order valence-electron chi connectivity index (χ0n) is 30.4. The van der Waals surface area contributed by atoms with Crippen LogP contribution in [0.4, 0.5) is 16.2 Å². The van der Waals surface area contributed by atoms with Crippen molar-refractivity contribution in [2.75, 3.05) is 42.5 Å². The normalized spacial score (nSPS) is 14.5. The highest BCUT2D eigenvalue weighted by Crippen LogP contribution is 2.38. The van der Waals surface area contributed by atoms with E-state index in [1.54, 1.807) is 29.2 Å². The number of sulfonamides is 1. The van der Waals surface area contributed by atoms with Gasteiger partial charge in [-0.15, -0.1) is 11.3 Å². The Hall–Kier alpha value is -3.65. The van der Waals surface area contributed by atoms with E-state index in [4.69, 9.17) is 9.47 Å². The van der Waals surface area contributed by atoms with Crippen molar-refractivity contribution in [2.45, 2.75) is 72.1 Å². The van der Waals surface area contributed by atoms with Gasteiger partial charge in [0.25, 0.3) is 5.91 Å². The zero-order chi connectivity index (χ0) is 37.3. The highest BCUT2D eigenvalue weighted by Gasteiger charge is 2.28. The van der Waals surface area contributed by atoms with E-state index < -0.39 is 21.0 Å². The van der Waals surface area contributed by atoms with Crippen molar-refractivity contribution in [1.29, 1.82) is 0 Å². The van der Waals surface area contributed by atoms with Crippen molar-refractivity contribution in [3.05, 3.63) is 86.7 Å². The van der Waals surface area contributed by atoms with Crippen LogP contribution in [-0.2, 0) is 26.7 Å². The molecule has 0 bridgehead atoms. The Morgan fingerprint density at radius 2 is 1.59 bits per heavy atom. The number of hydrogen-bond acceptors (Lipinski definition) is 8. The lowest BCUT2D eigenvalue weighted by Gasteiger charge is -2.36. The second-order valence-electron chi connectivity index (χ2n) is 14.8. The molecule has 3 aromatic carbocycles. The summed E-state index contributed by atoms with van der Waals surface area (Å²) in [5, 5.41) is 3.84. The number of thiophene rings is 1. The molecule has 2 N–H and O–H groups in total. The molecule has 0 unspecified atom stereocenters. The first-order chi connectivity index (χ1) is 23.7. The number of carbonyl (C=O) groups excluding carboxylic acids is 2. The summed E-state index contributed by atoms with van der Waals surface area (Å²) in [4.78, 5) is 30.7. The monoisotopic (exact) mass is 798 g/mol. The smallest absolute Gasteiger partial charge is 0.410 e. The quantitative estimate of drug-likeness (QED) is 0.165. The van der Waals surface area contributed by atoms with Gasteiger partial charge in [-0.25, -0.2) is 13.2 Å². The Balaban J connectivity index is 1.35. The molecule has 0 aliphatic carbocycles. The van der Waals surface area contributed by atoms with Gasteiger partial charge >= 0.3 is 6.09 Å². The SMILES string of the molecule is CC(C)Oc1cc(CN2CCN(C(=O)OC(C)(C)C)CC2)cc(C(C)(C)c2cc(Br)cc(NC(=O)c3cc4cc(NS(C)(=O)=O)ccc4s3)c2)c1. The van der Waals surface area contributed by atoms with Gasteiger partial charge < -0.3 is 19.7 Å². The minimum Gasteiger partial charge on any atom is -0.491 e. The third kappa shape index (κ3) is 10.5. The number of fused-ring (bicyclic) bond motifs is 1. The van der Waals surface area contributed by atoms with Crippen LogP contribution in [0.25, 0.3) is 10.1 Å². The first kappa shape index (κ1) is 38.6. The molecule has 2 amide bonds. The fourth-order valence-electron chi connectivity index (χ4n) is 5.94. The minimum atomic E-state index is -3.42. The molecule has 0 saturated carbocycles. The largest absolute Gasteiger partial charge is 0.491 e. The summed E-state index contributed by atoms with van der Waals surface area (Å²) >= 11 is 5.01. The first-order valence-electron chi connectivity index (χ1n) is 16.9. The fourth-order valence-corrected chi connectivity index (χ4v) is 7.93. The van der Waals surface area contributed by atoms with E-state index in [1.165, 1.54) is 11.3 Å². The molecule has 10 nitrogen and oxygen atoms in total. The topological polar surface area (TPSA) is 117 Å². The number of anilines is 2. The van der Waals surface area contributed by atoms with Gasteiger partial charge in [0, 0.05) is 58.7 Å². The molecule has 1 fully saturated rings. The Kier molecular flexibility index (Phi) is 11.5. The highest BCUT2D eigenvalue weighted by molar-refractivity contribution is 9.10. The standard InChI is InChI=1S/C38H47BrN4O6S2/c1-24(2)48-32-16-25(23-42-11-13-43(14-12-42)36(45)49-37(3,4)5)15-27(21-32)38(6,7)28-19-29(39)22-31(20-28)40-35(44)34-18-26-17-30(41-51(8,46)47)9-10-33(26)50-34/h9-10,15-22,24,41H,11-14,23H2,1-8H3,(H,40,44). The molecule has 5 rings (SSSR count). The number of nitrogens with zero attached hydrogens (tertiary/aromatic N) is 2. The molecular weight excluding hydrogens is 752 g/mol. The lowest BCUT2D eigenvalue weighted by Crippen LogP contribution is -2.49. The third-order valence-corrected chi connectivity index (χ3v) is 10.6. The van der Waals surface area contributed by atoms with Crippen molar-refractivity contribution in [3.63, 3.8) is 0 Å². The van der Waals surface area contributed by atoms with Crippen LogP contribution in [0, 0.1) is 0 Å². The fraction of sp³-hybridized carbons (Fsp3) is 0.421. The van der Waals surface area contributed by atoms with Gasteiger partial charge in [-0.1, -0.05) is 35.8 Å². The van der Waals surface area contributed by atoms with Crippen molar-refractivity contribution in [1.82, 2.24) is 9.80 Å². The number of nitrogens with one attached hydrogen (secondary N) is 2. The van der Waals surface area contributed by atoms with Crippen LogP contribution >= 0.6 is 27.3 Å². The van der Waals surface area contributed by atoms with Crippen LogP contribution in [0.1, 0.15) is 74.8 Å². The average Bonchev–Trinajstić information content (AvgIpc) is 3.43. The third-order valence-electron chi connectivity index (χ3n) is 8.41. The number of carbonyl (C=O) groups is 2. The van der Waals surface area contributed by atoms with E-state index in [-0.39, 0.29) is 18.1 Å². The number of amides is 2. The summed E-state index contributed by atoms with van der Waals surface area (Å²) in [5.74, 6) is 0.540. The lowest BCUT2D eigenvalue weighted by atomic mass is 9.77. The van der Waals surface area contributed by atoms with E-state index >= 15 is 0 Å². The molecule has 0 atom stereocenters.